The SMILES string of the molecule is Cc1nc(OC2CCCCCC2N)cc2n[nH]c(=O)n12. The molecule has 1 aliphatic carbocycles. The minimum absolute atomic E-state index is 0.0162. The average Bonchev–Trinajstić information content (AvgIpc) is 2.66. The molecule has 3 rings (SSSR count). The van der Waals surface area contributed by atoms with Gasteiger partial charge in [-0.05, 0) is 26.2 Å². The summed E-state index contributed by atoms with van der Waals surface area (Å²) in [7, 11) is 0. The van der Waals surface area contributed by atoms with E-state index in [-0.39, 0.29) is 17.8 Å². The van der Waals surface area contributed by atoms with Crippen LogP contribution in [0.15, 0.2) is 10.9 Å². The first kappa shape index (κ1) is 13.1. The van der Waals surface area contributed by atoms with Crippen molar-refractivity contribution in [2.45, 2.75) is 51.2 Å². The summed E-state index contributed by atoms with van der Waals surface area (Å²) in [5.74, 6) is 1.04. The molecule has 0 aromatic carbocycles. The highest BCUT2D eigenvalue weighted by molar-refractivity contribution is 5.40. The summed E-state index contributed by atoms with van der Waals surface area (Å²) < 4.78 is 7.36. The molecule has 7 nitrogen and oxygen atoms in total. The third-order valence-electron chi connectivity index (χ3n) is 3.82. The first-order valence-electron chi connectivity index (χ1n) is 7.02. The number of hydrogen-bond donors (Lipinski definition) is 2. The molecule has 0 amide bonds. The fourth-order valence-corrected chi connectivity index (χ4v) is 2.73. The summed E-state index contributed by atoms with van der Waals surface area (Å²) in [6.45, 7) is 1.75. The molecule has 0 radical (unpaired) electrons. The van der Waals surface area contributed by atoms with Crippen LogP contribution in [0.1, 0.15) is 37.9 Å². The highest BCUT2D eigenvalue weighted by Gasteiger charge is 2.23. The van der Waals surface area contributed by atoms with Gasteiger partial charge in [0.25, 0.3) is 0 Å². The van der Waals surface area contributed by atoms with E-state index in [0.717, 1.165) is 25.7 Å². The molecule has 20 heavy (non-hydrogen) atoms. The molecule has 2 unspecified atom stereocenters. The number of fused-ring (bicyclic) bond motifs is 1. The van der Waals surface area contributed by atoms with Crippen molar-refractivity contribution in [3.63, 3.8) is 0 Å². The number of nitrogens with one attached hydrogen (secondary N) is 1. The average molecular weight is 277 g/mol. The van der Waals surface area contributed by atoms with Crippen molar-refractivity contribution in [1.82, 2.24) is 19.6 Å². The molecule has 0 aliphatic heterocycles. The first-order valence-corrected chi connectivity index (χ1v) is 7.02. The number of nitrogens with two attached hydrogens (primary N) is 1. The maximum atomic E-state index is 11.5. The van der Waals surface area contributed by atoms with E-state index in [1.54, 1.807) is 13.0 Å². The van der Waals surface area contributed by atoms with Gasteiger partial charge in [-0.2, -0.15) is 10.1 Å². The summed E-state index contributed by atoms with van der Waals surface area (Å²) in [6.07, 6.45) is 5.39. The van der Waals surface area contributed by atoms with Crippen molar-refractivity contribution in [2.75, 3.05) is 0 Å². The molecule has 108 valence electrons. The Morgan fingerprint density at radius 1 is 1.40 bits per heavy atom. The summed E-state index contributed by atoms with van der Waals surface area (Å²) in [5, 5.41) is 6.35. The second kappa shape index (κ2) is 5.24. The van der Waals surface area contributed by atoms with Gasteiger partial charge >= 0.3 is 5.69 Å². The Kier molecular flexibility index (Phi) is 3.43. The second-order valence-corrected chi connectivity index (χ2v) is 5.32. The first-order chi connectivity index (χ1) is 9.65. The minimum Gasteiger partial charge on any atom is -0.473 e. The molecule has 2 heterocycles. The van der Waals surface area contributed by atoms with E-state index in [2.05, 4.69) is 15.2 Å². The molecule has 0 saturated heterocycles. The summed E-state index contributed by atoms with van der Waals surface area (Å²) in [6, 6.07) is 1.71. The van der Waals surface area contributed by atoms with Crippen LogP contribution in [0.3, 0.4) is 0 Å². The topological polar surface area (TPSA) is 98.3 Å². The molecule has 0 bridgehead atoms. The van der Waals surface area contributed by atoms with Gasteiger partial charge in [0.05, 0.1) is 0 Å². The summed E-state index contributed by atoms with van der Waals surface area (Å²) in [5.41, 5.74) is 6.38. The molecular weight excluding hydrogens is 258 g/mol. The van der Waals surface area contributed by atoms with Gasteiger partial charge in [0.2, 0.25) is 5.88 Å². The van der Waals surface area contributed by atoms with Crippen molar-refractivity contribution in [3.8, 4) is 5.88 Å². The van der Waals surface area contributed by atoms with E-state index in [1.165, 1.54) is 10.8 Å². The van der Waals surface area contributed by atoms with Crippen molar-refractivity contribution in [2.24, 2.45) is 5.73 Å². The Morgan fingerprint density at radius 2 is 2.20 bits per heavy atom. The Bertz CT molecular complexity index is 662. The normalized spacial score (nSPS) is 23.7. The quantitative estimate of drug-likeness (QED) is 0.790. The number of H-pyrrole nitrogens is 1. The van der Waals surface area contributed by atoms with E-state index in [9.17, 15) is 4.79 Å². The molecule has 1 fully saturated rings. The zero-order chi connectivity index (χ0) is 14.1. The van der Waals surface area contributed by atoms with E-state index < -0.39 is 0 Å². The van der Waals surface area contributed by atoms with Gasteiger partial charge in [0.15, 0.2) is 5.65 Å². The van der Waals surface area contributed by atoms with Crippen LogP contribution in [-0.4, -0.2) is 31.7 Å². The van der Waals surface area contributed by atoms with Gasteiger partial charge in [-0.1, -0.05) is 12.8 Å². The van der Waals surface area contributed by atoms with E-state index in [0.29, 0.717) is 17.4 Å². The predicted molar refractivity (Wildman–Crippen MR) is 73.8 cm³/mol. The number of ether oxygens (including phenoxy) is 1. The van der Waals surface area contributed by atoms with Crippen LogP contribution < -0.4 is 16.2 Å². The predicted octanol–water partition coefficient (Wildman–Crippen LogP) is 0.765. The molecule has 3 N–H and O–H groups in total. The van der Waals surface area contributed by atoms with Crippen molar-refractivity contribution in [3.05, 3.63) is 22.4 Å². The minimum atomic E-state index is -0.289. The van der Waals surface area contributed by atoms with E-state index in [4.69, 9.17) is 10.5 Å². The largest absolute Gasteiger partial charge is 0.473 e. The maximum absolute atomic E-state index is 11.5. The van der Waals surface area contributed by atoms with Gasteiger partial charge in [-0.3, -0.25) is 0 Å². The molecule has 2 aromatic heterocycles. The van der Waals surface area contributed by atoms with Crippen LogP contribution in [0, 0.1) is 6.92 Å². The molecule has 0 spiro atoms. The third kappa shape index (κ3) is 2.40. The Balaban J connectivity index is 1.88. The molecular formula is C13H19N5O2. The summed E-state index contributed by atoms with van der Waals surface area (Å²) in [4.78, 5) is 15.9. The van der Waals surface area contributed by atoms with Gasteiger partial charge in [-0.25, -0.2) is 14.3 Å². The molecule has 7 heteroatoms. The zero-order valence-electron chi connectivity index (χ0n) is 11.5. The van der Waals surface area contributed by atoms with Crippen LogP contribution in [0.2, 0.25) is 0 Å². The summed E-state index contributed by atoms with van der Waals surface area (Å²) >= 11 is 0. The van der Waals surface area contributed by atoms with E-state index in [1.807, 2.05) is 0 Å². The van der Waals surface area contributed by atoms with Crippen LogP contribution in [0.25, 0.3) is 5.65 Å². The lowest BCUT2D eigenvalue weighted by atomic mass is 10.1. The number of aromatic nitrogens is 4. The van der Waals surface area contributed by atoms with Crippen LogP contribution in [0.5, 0.6) is 5.88 Å². The van der Waals surface area contributed by atoms with Gasteiger partial charge in [0.1, 0.15) is 11.9 Å². The molecule has 2 aromatic rings. The van der Waals surface area contributed by atoms with Crippen LogP contribution in [-0.2, 0) is 0 Å². The number of nitrogens with zero attached hydrogens (tertiary/aromatic N) is 3. The Labute approximate surface area is 116 Å². The monoisotopic (exact) mass is 277 g/mol. The van der Waals surface area contributed by atoms with Gasteiger partial charge in [-0.15, -0.1) is 0 Å². The highest BCUT2D eigenvalue weighted by Crippen LogP contribution is 2.21. The molecule has 1 saturated carbocycles. The lowest BCUT2D eigenvalue weighted by Crippen LogP contribution is -2.38. The van der Waals surface area contributed by atoms with Crippen molar-refractivity contribution in [1.29, 1.82) is 0 Å². The number of aromatic amines is 1. The zero-order valence-corrected chi connectivity index (χ0v) is 11.5. The van der Waals surface area contributed by atoms with Gasteiger partial charge in [0, 0.05) is 12.1 Å². The van der Waals surface area contributed by atoms with Crippen LogP contribution in [0.4, 0.5) is 0 Å². The standard InChI is InChI=1S/C13H19N5O2/c1-8-15-12(7-11-16-17-13(19)18(8)11)20-10-6-4-2-3-5-9(10)14/h7,9-10H,2-6,14H2,1H3,(H,17,19). The molecule has 2 atom stereocenters. The molecule has 1 aliphatic rings. The van der Waals surface area contributed by atoms with Crippen molar-refractivity contribution < 1.29 is 4.74 Å². The highest BCUT2D eigenvalue weighted by atomic mass is 16.5. The number of aryl methyl sites for hydroxylation is 1. The third-order valence-corrected chi connectivity index (χ3v) is 3.82. The lowest BCUT2D eigenvalue weighted by Gasteiger charge is -2.22. The fourth-order valence-electron chi connectivity index (χ4n) is 2.73. The van der Waals surface area contributed by atoms with Crippen LogP contribution >= 0.6 is 0 Å². The van der Waals surface area contributed by atoms with E-state index >= 15 is 0 Å². The Morgan fingerprint density at radius 3 is 3.05 bits per heavy atom. The lowest BCUT2D eigenvalue weighted by molar-refractivity contribution is 0.155. The smallest absolute Gasteiger partial charge is 0.349 e. The fraction of sp³-hybridized carbons (Fsp3) is 0.615. The number of rotatable bonds is 2. The maximum Gasteiger partial charge on any atom is 0.349 e. The van der Waals surface area contributed by atoms with Crippen molar-refractivity contribution >= 4 is 5.65 Å². The number of hydrogen-bond acceptors (Lipinski definition) is 5. The second-order valence-electron chi connectivity index (χ2n) is 5.32. The Hall–Kier alpha value is -1.89. The van der Waals surface area contributed by atoms with Gasteiger partial charge < -0.3 is 10.5 Å².